The van der Waals surface area contributed by atoms with Crippen molar-refractivity contribution in [2.75, 3.05) is 25.2 Å². The molecule has 0 aliphatic carbocycles. The molecule has 1 atom stereocenters. The Kier molecular flexibility index (Phi) is 5.35. The number of hydrogen-bond acceptors (Lipinski definition) is 6. The second-order valence-corrected chi connectivity index (χ2v) is 6.64. The molecule has 2 aromatic rings. The number of aromatic nitrogens is 1. The van der Waals surface area contributed by atoms with Gasteiger partial charge in [0.15, 0.2) is 0 Å². The fourth-order valence-electron chi connectivity index (χ4n) is 2.66. The van der Waals surface area contributed by atoms with Crippen LogP contribution in [0.3, 0.4) is 0 Å². The normalized spacial score (nSPS) is 18.7. The highest BCUT2D eigenvalue weighted by molar-refractivity contribution is 7.99. The summed E-state index contributed by atoms with van der Waals surface area (Å²) in [7, 11) is 1.44. The zero-order valence-corrected chi connectivity index (χ0v) is 13.9. The van der Waals surface area contributed by atoms with Gasteiger partial charge in [-0.05, 0) is 12.1 Å². The van der Waals surface area contributed by atoms with Gasteiger partial charge in [0.05, 0.1) is 19.2 Å². The van der Waals surface area contributed by atoms with Crippen LogP contribution in [-0.2, 0) is 16.1 Å². The van der Waals surface area contributed by atoms with Crippen molar-refractivity contribution >= 4 is 17.7 Å². The van der Waals surface area contributed by atoms with E-state index in [9.17, 15) is 4.79 Å². The van der Waals surface area contributed by atoms with Crippen molar-refractivity contribution in [3.05, 3.63) is 42.3 Å². The molecule has 1 saturated heterocycles. The van der Waals surface area contributed by atoms with Crippen molar-refractivity contribution in [1.29, 1.82) is 0 Å². The summed E-state index contributed by atoms with van der Waals surface area (Å²) in [5, 5.41) is 0. The summed E-state index contributed by atoms with van der Waals surface area (Å²) in [6, 6.07) is 10.1. The van der Waals surface area contributed by atoms with Gasteiger partial charge in [0.2, 0.25) is 5.89 Å². The zero-order chi connectivity index (χ0) is 16.1. The molecule has 122 valence electrons. The molecule has 6 heteroatoms. The smallest absolute Gasteiger partial charge is 0.307 e. The fourth-order valence-corrected chi connectivity index (χ4v) is 3.79. The lowest BCUT2D eigenvalue weighted by Crippen LogP contribution is -2.43. The molecule has 5 nitrogen and oxygen atoms in total. The number of carbonyl (C=O) groups is 1. The number of esters is 1. The number of thioether (sulfide) groups is 1. The lowest BCUT2D eigenvalue weighted by molar-refractivity contribution is -0.141. The first-order valence-corrected chi connectivity index (χ1v) is 8.80. The Bertz CT molecular complexity index is 644. The van der Waals surface area contributed by atoms with Crippen LogP contribution in [0.5, 0.6) is 0 Å². The maximum atomic E-state index is 11.6. The predicted molar refractivity (Wildman–Crippen MR) is 90.1 cm³/mol. The van der Waals surface area contributed by atoms with E-state index < -0.39 is 0 Å². The molecule has 3 rings (SSSR count). The minimum absolute atomic E-state index is 0.160. The third kappa shape index (κ3) is 4.14. The van der Waals surface area contributed by atoms with E-state index in [0.29, 0.717) is 18.9 Å². The fraction of sp³-hybridized carbons (Fsp3) is 0.412. The van der Waals surface area contributed by atoms with Gasteiger partial charge in [-0.15, -0.1) is 0 Å². The molecule has 1 fully saturated rings. The molecule has 23 heavy (non-hydrogen) atoms. The second-order valence-electron chi connectivity index (χ2n) is 5.49. The van der Waals surface area contributed by atoms with Gasteiger partial charge in [-0.1, -0.05) is 18.2 Å². The zero-order valence-electron chi connectivity index (χ0n) is 13.1. The van der Waals surface area contributed by atoms with Crippen molar-refractivity contribution in [3.8, 4) is 11.5 Å². The third-order valence-corrected chi connectivity index (χ3v) is 5.01. The molecule has 0 spiro atoms. The molecule has 1 aromatic carbocycles. The van der Waals surface area contributed by atoms with Crippen LogP contribution in [0.2, 0.25) is 0 Å². The molecule has 0 bridgehead atoms. The number of oxazole rings is 1. The Morgan fingerprint density at radius 3 is 3.04 bits per heavy atom. The minimum atomic E-state index is -0.160. The van der Waals surface area contributed by atoms with Crippen LogP contribution in [0.4, 0.5) is 0 Å². The van der Waals surface area contributed by atoms with Crippen LogP contribution < -0.4 is 0 Å². The summed E-state index contributed by atoms with van der Waals surface area (Å²) in [5.41, 5.74) is 1.87. The van der Waals surface area contributed by atoms with Crippen LogP contribution in [0.25, 0.3) is 11.5 Å². The van der Waals surface area contributed by atoms with E-state index in [4.69, 9.17) is 9.15 Å². The summed E-state index contributed by atoms with van der Waals surface area (Å²) >= 11 is 1.88. The van der Waals surface area contributed by atoms with Gasteiger partial charge in [-0.3, -0.25) is 9.69 Å². The largest absolute Gasteiger partial charge is 0.469 e. The SMILES string of the molecule is COC(=O)CC1CSCCN1Cc1coc(-c2ccccc2)n1. The van der Waals surface area contributed by atoms with Gasteiger partial charge in [0.1, 0.15) is 6.26 Å². The van der Waals surface area contributed by atoms with E-state index in [1.165, 1.54) is 7.11 Å². The molecule has 0 saturated carbocycles. The lowest BCUT2D eigenvalue weighted by atomic mass is 10.2. The van der Waals surface area contributed by atoms with E-state index in [1.54, 1.807) is 6.26 Å². The van der Waals surface area contributed by atoms with E-state index in [1.807, 2.05) is 42.1 Å². The standard InChI is InChI=1S/C17H20N2O3S/c1-21-16(20)9-15-12-23-8-7-19(15)10-14-11-22-17(18-14)13-5-3-2-4-6-13/h2-6,11,15H,7-10,12H2,1H3. The highest BCUT2D eigenvalue weighted by atomic mass is 32.2. The first-order chi connectivity index (χ1) is 11.3. The Morgan fingerprint density at radius 1 is 1.43 bits per heavy atom. The Morgan fingerprint density at radius 2 is 2.26 bits per heavy atom. The van der Waals surface area contributed by atoms with Gasteiger partial charge < -0.3 is 9.15 Å². The topological polar surface area (TPSA) is 55.6 Å². The molecule has 1 aromatic heterocycles. The van der Waals surface area contributed by atoms with Gasteiger partial charge >= 0.3 is 5.97 Å². The molecule has 1 aliphatic heterocycles. The van der Waals surface area contributed by atoms with Gasteiger partial charge in [0.25, 0.3) is 0 Å². The molecule has 1 unspecified atom stereocenters. The van der Waals surface area contributed by atoms with Crippen molar-refractivity contribution < 1.29 is 13.9 Å². The molecular weight excluding hydrogens is 312 g/mol. The predicted octanol–water partition coefficient (Wildman–Crippen LogP) is 2.82. The maximum Gasteiger partial charge on any atom is 0.307 e. The summed E-state index contributed by atoms with van der Waals surface area (Å²) < 4.78 is 10.4. The highest BCUT2D eigenvalue weighted by Crippen LogP contribution is 2.23. The van der Waals surface area contributed by atoms with Crippen molar-refractivity contribution in [2.45, 2.75) is 19.0 Å². The molecule has 0 radical (unpaired) electrons. The number of methoxy groups -OCH3 is 1. The molecule has 0 N–H and O–H groups in total. The van der Waals surface area contributed by atoms with E-state index >= 15 is 0 Å². The average molecular weight is 332 g/mol. The quantitative estimate of drug-likeness (QED) is 0.785. The lowest BCUT2D eigenvalue weighted by Gasteiger charge is -2.34. The van der Waals surface area contributed by atoms with E-state index in [-0.39, 0.29) is 12.0 Å². The van der Waals surface area contributed by atoms with Gasteiger partial charge in [-0.2, -0.15) is 11.8 Å². The molecule has 0 amide bonds. The number of ether oxygens (including phenoxy) is 1. The summed E-state index contributed by atoms with van der Waals surface area (Å²) in [6.45, 7) is 1.64. The molecule has 2 heterocycles. The summed E-state index contributed by atoms with van der Waals surface area (Å²) in [4.78, 5) is 18.4. The Balaban J connectivity index is 1.68. The third-order valence-electron chi connectivity index (χ3n) is 3.92. The number of benzene rings is 1. The molecular formula is C17H20N2O3S. The number of hydrogen-bond donors (Lipinski definition) is 0. The number of nitrogens with zero attached hydrogens (tertiary/aromatic N) is 2. The van der Waals surface area contributed by atoms with E-state index in [2.05, 4.69) is 9.88 Å². The number of rotatable bonds is 5. The van der Waals surface area contributed by atoms with Crippen LogP contribution in [0, 0.1) is 0 Å². The number of carbonyl (C=O) groups excluding carboxylic acids is 1. The average Bonchev–Trinajstić information content (AvgIpc) is 3.06. The Labute approximate surface area is 140 Å². The minimum Gasteiger partial charge on any atom is -0.469 e. The van der Waals surface area contributed by atoms with Crippen LogP contribution in [0.15, 0.2) is 41.0 Å². The molecule has 1 aliphatic rings. The van der Waals surface area contributed by atoms with Crippen molar-refractivity contribution in [1.82, 2.24) is 9.88 Å². The van der Waals surface area contributed by atoms with Gasteiger partial charge in [-0.25, -0.2) is 4.98 Å². The highest BCUT2D eigenvalue weighted by Gasteiger charge is 2.26. The van der Waals surface area contributed by atoms with Crippen LogP contribution in [0.1, 0.15) is 12.1 Å². The monoisotopic (exact) mass is 332 g/mol. The maximum absolute atomic E-state index is 11.6. The van der Waals surface area contributed by atoms with Crippen molar-refractivity contribution in [3.63, 3.8) is 0 Å². The first kappa shape index (κ1) is 16.1. The van der Waals surface area contributed by atoms with Crippen molar-refractivity contribution in [2.24, 2.45) is 0 Å². The first-order valence-electron chi connectivity index (χ1n) is 7.64. The summed E-state index contributed by atoms with van der Waals surface area (Å²) in [5.74, 6) is 2.49. The van der Waals surface area contributed by atoms with E-state index in [0.717, 1.165) is 29.3 Å². The van der Waals surface area contributed by atoms with Crippen LogP contribution in [-0.4, -0.2) is 47.1 Å². The van der Waals surface area contributed by atoms with Gasteiger partial charge in [0, 0.05) is 36.2 Å². The second kappa shape index (κ2) is 7.66. The summed E-state index contributed by atoms with van der Waals surface area (Å²) in [6.07, 6.45) is 2.13. The Hall–Kier alpha value is -1.79. The van der Waals surface area contributed by atoms with Crippen LogP contribution >= 0.6 is 11.8 Å².